The average molecular weight is 186 g/mol. The predicted octanol–water partition coefficient (Wildman–Crippen LogP) is -0.374. The van der Waals surface area contributed by atoms with Crippen LogP contribution < -0.4 is 10.6 Å². The molecule has 1 unspecified atom stereocenters. The molecule has 76 valence electrons. The Morgan fingerprint density at radius 2 is 2.31 bits per heavy atom. The van der Waals surface area contributed by atoms with Crippen LogP contribution in [0.5, 0.6) is 0 Å². The third-order valence-corrected chi connectivity index (χ3v) is 2.04. The number of hydrogen-bond donors (Lipinski definition) is 3. The minimum atomic E-state index is -0.131. The molecular weight excluding hydrogens is 168 g/mol. The van der Waals surface area contributed by atoms with Crippen LogP contribution in [0.2, 0.25) is 0 Å². The summed E-state index contributed by atoms with van der Waals surface area (Å²) in [6.45, 7) is 2.53. The monoisotopic (exact) mass is 186 g/mol. The maximum absolute atomic E-state index is 11.2. The Kier molecular flexibility index (Phi) is 4.18. The van der Waals surface area contributed by atoms with Crippen molar-refractivity contribution < 1.29 is 9.90 Å². The molecule has 1 atom stereocenters. The number of amides is 1. The van der Waals surface area contributed by atoms with Crippen LogP contribution in [0, 0.1) is 0 Å². The summed E-state index contributed by atoms with van der Waals surface area (Å²) in [7, 11) is 0. The quantitative estimate of drug-likeness (QED) is 0.530. The Bertz CT molecular complexity index is 169. The van der Waals surface area contributed by atoms with E-state index in [1.165, 1.54) is 12.8 Å². The van der Waals surface area contributed by atoms with Gasteiger partial charge in [0.2, 0.25) is 5.91 Å². The van der Waals surface area contributed by atoms with Crippen LogP contribution in [-0.2, 0) is 4.79 Å². The molecule has 0 bridgehead atoms. The summed E-state index contributed by atoms with van der Waals surface area (Å²) >= 11 is 0. The molecule has 0 saturated heterocycles. The van der Waals surface area contributed by atoms with Crippen LogP contribution in [-0.4, -0.2) is 36.2 Å². The van der Waals surface area contributed by atoms with Crippen LogP contribution in [0.25, 0.3) is 0 Å². The van der Waals surface area contributed by atoms with Gasteiger partial charge in [0.25, 0.3) is 0 Å². The number of nitrogens with one attached hydrogen (secondary N) is 2. The lowest BCUT2D eigenvalue weighted by Crippen LogP contribution is -2.36. The van der Waals surface area contributed by atoms with Crippen molar-refractivity contribution in [1.82, 2.24) is 10.6 Å². The van der Waals surface area contributed by atoms with Crippen LogP contribution in [0.4, 0.5) is 0 Å². The van der Waals surface area contributed by atoms with Crippen molar-refractivity contribution >= 4 is 5.91 Å². The number of hydrogen-bond acceptors (Lipinski definition) is 3. The number of aliphatic hydroxyl groups is 1. The molecule has 13 heavy (non-hydrogen) atoms. The van der Waals surface area contributed by atoms with Gasteiger partial charge in [0.15, 0.2) is 0 Å². The lowest BCUT2D eigenvalue weighted by Gasteiger charge is -2.10. The summed E-state index contributed by atoms with van der Waals surface area (Å²) in [5.41, 5.74) is 0. The van der Waals surface area contributed by atoms with Gasteiger partial charge in [-0.15, -0.1) is 0 Å². The minimum Gasteiger partial charge on any atom is -0.394 e. The van der Waals surface area contributed by atoms with E-state index in [2.05, 4.69) is 10.6 Å². The topological polar surface area (TPSA) is 61.4 Å². The van der Waals surface area contributed by atoms with E-state index in [4.69, 9.17) is 5.11 Å². The van der Waals surface area contributed by atoms with E-state index in [-0.39, 0.29) is 18.6 Å². The van der Waals surface area contributed by atoms with E-state index in [1.54, 1.807) is 6.92 Å². The van der Waals surface area contributed by atoms with Crippen LogP contribution in [0.3, 0.4) is 0 Å². The van der Waals surface area contributed by atoms with Crippen molar-refractivity contribution in [2.24, 2.45) is 0 Å². The highest BCUT2D eigenvalue weighted by molar-refractivity contribution is 5.76. The highest BCUT2D eigenvalue weighted by Gasteiger charge is 2.20. The van der Waals surface area contributed by atoms with E-state index >= 15 is 0 Å². The Labute approximate surface area is 78.7 Å². The summed E-state index contributed by atoms with van der Waals surface area (Å²) in [5, 5.41) is 14.6. The first-order valence-electron chi connectivity index (χ1n) is 4.86. The minimum absolute atomic E-state index is 0.00178. The molecule has 1 amide bonds. The fraction of sp³-hybridized carbons (Fsp3) is 0.889. The fourth-order valence-corrected chi connectivity index (χ4v) is 1.07. The second-order valence-electron chi connectivity index (χ2n) is 3.63. The normalized spacial score (nSPS) is 18.3. The molecule has 1 rings (SSSR count). The molecule has 0 aromatic heterocycles. The van der Waals surface area contributed by atoms with Gasteiger partial charge in [-0.05, 0) is 19.8 Å². The second-order valence-corrected chi connectivity index (χ2v) is 3.63. The SMILES string of the molecule is CC(CO)NC(=O)CCNC1CC1. The van der Waals surface area contributed by atoms with Gasteiger partial charge in [0, 0.05) is 25.0 Å². The third kappa shape index (κ3) is 4.85. The van der Waals surface area contributed by atoms with Crippen molar-refractivity contribution in [3.8, 4) is 0 Å². The van der Waals surface area contributed by atoms with E-state index in [0.29, 0.717) is 12.5 Å². The molecule has 1 aliphatic carbocycles. The lowest BCUT2D eigenvalue weighted by atomic mass is 10.3. The summed E-state index contributed by atoms with van der Waals surface area (Å²) < 4.78 is 0. The van der Waals surface area contributed by atoms with Crippen LogP contribution >= 0.6 is 0 Å². The molecule has 0 aromatic carbocycles. The second kappa shape index (κ2) is 5.19. The summed E-state index contributed by atoms with van der Waals surface area (Å²) in [6, 6.07) is 0.525. The standard InChI is InChI=1S/C9H18N2O2/c1-7(6-12)11-9(13)4-5-10-8-2-3-8/h7-8,10,12H,2-6H2,1H3,(H,11,13). The molecular formula is C9H18N2O2. The molecule has 4 heteroatoms. The first kappa shape index (κ1) is 10.5. The molecule has 0 radical (unpaired) electrons. The van der Waals surface area contributed by atoms with Gasteiger partial charge in [-0.25, -0.2) is 0 Å². The van der Waals surface area contributed by atoms with Gasteiger partial charge in [0.05, 0.1) is 6.61 Å². The smallest absolute Gasteiger partial charge is 0.221 e. The first-order chi connectivity index (χ1) is 6.22. The summed E-state index contributed by atoms with van der Waals surface area (Å²) in [4.78, 5) is 11.2. The van der Waals surface area contributed by atoms with Crippen molar-refractivity contribution in [2.75, 3.05) is 13.2 Å². The van der Waals surface area contributed by atoms with E-state index < -0.39 is 0 Å². The van der Waals surface area contributed by atoms with Crippen molar-refractivity contribution in [1.29, 1.82) is 0 Å². The molecule has 0 aliphatic heterocycles. The van der Waals surface area contributed by atoms with Crippen molar-refractivity contribution in [2.45, 2.75) is 38.3 Å². The number of aliphatic hydroxyl groups excluding tert-OH is 1. The van der Waals surface area contributed by atoms with Gasteiger partial charge in [-0.2, -0.15) is 0 Å². The van der Waals surface area contributed by atoms with Crippen molar-refractivity contribution in [3.05, 3.63) is 0 Å². The number of rotatable bonds is 6. The van der Waals surface area contributed by atoms with Gasteiger partial charge in [0.1, 0.15) is 0 Å². The highest BCUT2D eigenvalue weighted by Crippen LogP contribution is 2.18. The van der Waals surface area contributed by atoms with E-state index in [0.717, 1.165) is 6.54 Å². The Morgan fingerprint density at radius 1 is 1.62 bits per heavy atom. The van der Waals surface area contributed by atoms with E-state index in [1.807, 2.05) is 0 Å². The Hall–Kier alpha value is -0.610. The lowest BCUT2D eigenvalue weighted by molar-refractivity contribution is -0.121. The number of carbonyl (C=O) groups is 1. The van der Waals surface area contributed by atoms with Gasteiger partial charge in [-0.1, -0.05) is 0 Å². The molecule has 1 aliphatic rings. The molecule has 4 nitrogen and oxygen atoms in total. The van der Waals surface area contributed by atoms with Gasteiger partial charge < -0.3 is 15.7 Å². The van der Waals surface area contributed by atoms with E-state index in [9.17, 15) is 4.79 Å². The maximum Gasteiger partial charge on any atom is 0.221 e. The molecule has 0 heterocycles. The first-order valence-corrected chi connectivity index (χ1v) is 4.86. The summed E-state index contributed by atoms with van der Waals surface area (Å²) in [6.07, 6.45) is 2.99. The van der Waals surface area contributed by atoms with Gasteiger partial charge in [-0.3, -0.25) is 4.79 Å². The maximum atomic E-state index is 11.2. The molecule has 0 aromatic rings. The molecule has 1 saturated carbocycles. The number of carbonyl (C=O) groups excluding carboxylic acids is 1. The Morgan fingerprint density at radius 3 is 2.85 bits per heavy atom. The molecule has 3 N–H and O–H groups in total. The third-order valence-electron chi connectivity index (χ3n) is 2.04. The molecule has 0 spiro atoms. The van der Waals surface area contributed by atoms with Crippen LogP contribution in [0.1, 0.15) is 26.2 Å². The molecule has 1 fully saturated rings. The Balaban J connectivity index is 1.96. The van der Waals surface area contributed by atoms with Crippen molar-refractivity contribution in [3.63, 3.8) is 0 Å². The predicted molar refractivity (Wildman–Crippen MR) is 50.3 cm³/mol. The van der Waals surface area contributed by atoms with Gasteiger partial charge >= 0.3 is 0 Å². The summed E-state index contributed by atoms with van der Waals surface area (Å²) in [5.74, 6) is 0.00898. The highest BCUT2D eigenvalue weighted by atomic mass is 16.3. The van der Waals surface area contributed by atoms with Crippen LogP contribution in [0.15, 0.2) is 0 Å². The zero-order valence-electron chi connectivity index (χ0n) is 8.05. The largest absolute Gasteiger partial charge is 0.394 e. The fourth-order valence-electron chi connectivity index (χ4n) is 1.07. The average Bonchev–Trinajstić information content (AvgIpc) is 2.88. The zero-order valence-corrected chi connectivity index (χ0v) is 8.05. The zero-order chi connectivity index (χ0) is 9.68.